The van der Waals surface area contributed by atoms with Gasteiger partial charge >= 0.3 is 12.2 Å². The number of rotatable bonds is 6. The van der Waals surface area contributed by atoms with Crippen molar-refractivity contribution in [3.63, 3.8) is 0 Å². The van der Waals surface area contributed by atoms with Gasteiger partial charge in [0.15, 0.2) is 6.10 Å². The predicted octanol–water partition coefficient (Wildman–Crippen LogP) is 4.92. The van der Waals surface area contributed by atoms with Gasteiger partial charge in [-0.3, -0.25) is 0 Å². The third kappa shape index (κ3) is 5.37. The number of carbonyl (C=O) groups is 1. The Morgan fingerprint density at radius 3 is 2.69 bits per heavy atom. The molecule has 3 rings (SSSR count). The molecule has 2 aromatic rings. The van der Waals surface area contributed by atoms with Gasteiger partial charge in [-0.05, 0) is 23.8 Å². The zero-order chi connectivity index (χ0) is 20.9. The smallest absolute Gasteiger partial charge is 0.390 e. The Bertz CT molecular complexity index is 898. The van der Waals surface area contributed by atoms with E-state index in [0.29, 0.717) is 6.42 Å². The lowest BCUT2D eigenvalue weighted by Crippen LogP contribution is -2.40. The van der Waals surface area contributed by atoms with Crippen LogP contribution >= 0.6 is 0 Å². The van der Waals surface area contributed by atoms with E-state index in [4.69, 9.17) is 4.84 Å². The molecule has 5 nitrogen and oxygen atoms in total. The van der Waals surface area contributed by atoms with E-state index in [1.165, 1.54) is 17.0 Å². The molecule has 0 aromatic heterocycles. The number of nitrogens with zero attached hydrogens (tertiary/aromatic N) is 2. The van der Waals surface area contributed by atoms with Crippen LogP contribution in [0.15, 0.2) is 72.4 Å². The molecule has 1 aliphatic rings. The second kappa shape index (κ2) is 8.81. The summed E-state index contributed by atoms with van der Waals surface area (Å²) in [5, 5.41) is 6.59. The summed E-state index contributed by atoms with van der Waals surface area (Å²) in [5.41, 5.74) is 0.962. The Morgan fingerprint density at radius 2 is 2.00 bits per heavy atom. The van der Waals surface area contributed by atoms with Crippen LogP contribution in [-0.4, -0.2) is 35.8 Å². The van der Waals surface area contributed by atoms with Gasteiger partial charge < -0.3 is 15.1 Å². The minimum Gasteiger partial charge on any atom is -0.390 e. The molecule has 2 amide bonds. The van der Waals surface area contributed by atoms with Gasteiger partial charge in [0.2, 0.25) is 0 Å². The van der Waals surface area contributed by atoms with E-state index in [1.807, 2.05) is 30.3 Å². The van der Waals surface area contributed by atoms with Crippen molar-refractivity contribution in [2.24, 2.45) is 5.16 Å². The third-order valence-electron chi connectivity index (χ3n) is 4.34. The molecule has 0 fully saturated rings. The number of anilines is 1. The minimum absolute atomic E-state index is 0.0625. The SMILES string of the molecule is C=CCN(C[C@@H]1CC(c2ccccc2)=NO1)C(=O)Nc1cccc(C(F)(F)F)c1. The van der Waals surface area contributed by atoms with E-state index < -0.39 is 17.8 Å². The lowest BCUT2D eigenvalue weighted by Gasteiger charge is -2.24. The summed E-state index contributed by atoms with van der Waals surface area (Å²) in [4.78, 5) is 19.5. The normalized spacial score (nSPS) is 16.0. The Hall–Kier alpha value is -3.29. The Balaban J connectivity index is 1.63. The molecular formula is C21H20F3N3O2. The zero-order valence-electron chi connectivity index (χ0n) is 15.5. The van der Waals surface area contributed by atoms with Gasteiger partial charge in [-0.15, -0.1) is 6.58 Å². The number of urea groups is 1. The molecule has 1 aliphatic heterocycles. The molecule has 0 saturated heterocycles. The molecule has 0 bridgehead atoms. The highest BCUT2D eigenvalue weighted by atomic mass is 19.4. The fraction of sp³-hybridized carbons (Fsp3) is 0.238. The number of hydrogen-bond donors (Lipinski definition) is 1. The van der Waals surface area contributed by atoms with Crippen LogP contribution in [0.25, 0.3) is 0 Å². The van der Waals surface area contributed by atoms with Crippen molar-refractivity contribution in [3.8, 4) is 0 Å². The van der Waals surface area contributed by atoms with Crippen LogP contribution in [0.2, 0.25) is 0 Å². The van der Waals surface area contributed by atoms with E-state index in [1.54, 1.807) is 6.08 Å². The number of benzene rings is 2. The van der Waals surface area contributed by atoms with Crippen LogP contribution in [-0.2, 0) is 11.0 Å². The molecule has 0 saturated carbocycles. The second-order valence-electron chi connectivity index (χ2n) is 6.54. The fourth-order valence-corrected chi connectivity index (χ4v) is 2.95. The van der Waals surface area contributed by atoms with Gasteiger partial charge in [-0.25, -0.2) is 4.79 Å². The van der Waals surface area contributed by atoms with Crippen molar-refractivity contribution < 1.29 is 22.8 Å². The number of alkyl halides is 3. The van der Waals surface area contributed by atoms with Gasteiger partial charge in [-0.1, -0.05) is 47.6 Å². The second-order valence-corrected chi connectivity index (χ2v) is 6.54. The van der Waals surface area contributed by atoms with Gasteiger partial charge in [-0.2, -0.15) is 13.2 Å². The van der Waals surface area contributed by atoms with Crippen LogP contribution in [0.3, 0.4) is 0 Å². The molecule has 29 heavy (non-hydrogen) atoms. The van der Waals surface area contributed by atoms with Crippen molar-refractivity contribution in [2.45, 2.75) is 18.7 Å². The summed E-state index contributed by atoms with van der Waals surface area (Å²) >= 11 is 0. The van der Waals surface area contributed by atoms with E-state index in [-0.39, 0.29) is 24.9 Å². The van der Waals surface area contributed by atoms with Crippen molar-refractivity contribution >= 4 is 17.4 Å². The number of carbonyl (C=O) groups excluding carboxylic acids is 1. The summed E-state index contributed by atoms with van der Waals surface area (Å²) in [7, 11) is 0. The quantitative estimate of drug-likeness (QED) is 0.696. The van der Waals surface area contributed by atoms with Crippen molar-refractivity contribution in [1.29, 1.82) is 0 Å². The van der Waals surface area contributed by atoms with Crippen LogP contribution in [0.1, 0.15) is 17.5 Å². The molecule has 1 N–H and O–H groups in total. The largest absolute Gasteiger partial charge is 0.416 e. The average molecular weight is 403 g/mol. The summed E-state index contributed by atoms with van der Waals surface area (Å²) in [6.45, 7) is 4.07. The molecule has 2 aromatic carbocycles. The average Bonchev–Trinajstić information content (AvgIpc) is 3.16. The Labute approximate surface area is 166 Å². The lowest BCUT2D eigenvalue weighted by atomic mass is 10.1. The minimum atomic E-state index is -4.48. The van der Waals surface area contributed by atoms with Crippen molar-refractivity contribution in [2.75, 3.05) is 18.4 Å². The first-order chi connectivity index (χ1) is 13.9. The first-order valence-electron chi connectivity index (χ1n) is 8.99. The topological polar surface area (TPSA) is 53.9 Å². The first-order valence-corrected chi connectivity index (χ1v) is 8.99. The highest BCUT2D eigenvalue weighted by Crippen LogP contribution is 2.30. The summed E-state index contributed by atoms with van der Waals surface area (Å²) in [5.74, 6) is 0. The number of amides is 2. The molecular weight excluding hydrogens is 383 g/mol. The maximum absolute atomic E-state index is 12.9. The molecule has 152 valence electrons. The number of halogens is 3. The van der Waals surface area contributed by atoms with E-state index in [9.17, 15) is 18.0 Å². The van der Waals surface area contributed by atoms with Crippen LogP contribution in [0.5, 0.6) is 0 Å². The molecule has 0 aliphatic carbocycles. The standard InChI is InChI=1S/C21H20F3N3O2/c1-2-11-27(14-18-13-19(26-29-18)15-7-4-3-5-8-15)20(28)25-17-10-6-9-16(12-17)21(22,23)24/h2-10,12,18H,1,11,13-14H2,(H,25,28)/t18-/m0/s1. The zero-order valence-corrected chi connectivity index (χ0v) is 15.5. The number of nitrogens with one attached hydrogen (secondary N) is 1. The number of hydrogen-bond acceptors (Lipinski definition) is 3. The molecule has 0 radical (unpaired) electrons. The monoisotopic (exact) mass is 403 g/mol. The van der Waals surface area contributed by atoms with Gasteiger partial charge in [0.25, 0.3) is 0 Å². The van der Waals surface area contributed by atoms with E-state index in [0.717, 1.165) is 23.4 Å². The van der Waals surface area contributed by atoms with Gasteiger partial charge in [0, 0.05) is 18.7 Å². The van der Waals surface area contributed by atoms with Crippen molar-refractivity contribution in [3.05, 3.63) is 78.4 Å². The summed E-state index contributed by atoms with van der Waals surface area (Å²) in [6.07, 6.45) is -2.77. The fourth-order valence-electron chi connectivity index (χ4n) is 2.95. The molecule has 0 unspecified atom stereocenters. The van der Waals surface area contributed by atoms with Crippen molar-refractivity contribution in [1.82, 2.24) is 4.90 Å². The van der Waals surface area contributed by atoms with E-state index in [2.05, 4.69) is 17.1 Å². The van der Waals surface area contributed by atoms with Crippen LogP contribution in [0, 0.1) is 0 Å². The van der Waals surface area contributed by atoms with Gasteiger partial charge in [0.05, 0.1) is 17.8 Å². The first kappa shape index (κ1) is 20.4. The third-order valence-corrected chi connectivity index (χ3v) is 4.34. The maximum atomic E-state index is 12.9. The van der Waals surface area contributed by atoms with Crippen LogP contribution in [0.4, 0.5) is 23.7 Å². The number of oxime groups is 1. The highest BCUT2D eigenvalue weighted by molar-refractivity contribution is 6.01. The molecule has 0 spiro atoms. The Morgan fingerprint density at radius 1 is 1.24 bits per heavy atom. The lowest BCUT2D eigenvalue weighted by molar-refractivity contribution is -0.137. The van der Waals surface area contributed by atoms with Gasteiger partial charge in [0.1, 0.15) is 0 Å². The Kier molecular flexibility index (Phi) is 6.21. The maximum Gasteiger partial charge on any atom is 0.416 e. The highest BCUT2D eigenvalue weighted by Gasteiger charge is 2.31. The molecule has 8 heteroatoms. The summed E-state index contributed by atoms with van der Waals surface area (Å²) < 4.78 is 38.6. The van der Waals surface area contributed by atoms with E-state index >= 15 is 0 Å². The molecule has 1 heterocycles. The molecule has 1 atom stereocenters. The predicted molar refractivity (Wildman–Crippen MR) is 105 cm³/mol. The van der Waals surface area contributed by atoms with Crippen LogP contribution < -0.4 is 5.32 Å². The summed E-state index contributed by atoms with van der Waals surface area (Å²) in [6, 6.07) is 13.5.